The molecule has 0 rings (SSSR count). The molecule has 0 aromatic heterocycles. The van der Waals surface area contributed by atoms with Crippen molar-refractivity contribution in [3.63, 3.8) is 0 Å². The summed E-state index contributed by atoms with van der Waals surface area (Å²) in [6.07, 6.45) is 36.7. The van der Waals surface area contributed by atoms with Crippen LogP contribution in [0.4, 0.5) is 0 Å². The van der Waals surface area contributed by atoms with Crippen molar-refractivity contribution < 1.29 is 9.59 Å². The largest absolute Gasteiger partial charge is 0.356 e. The highest BCUT2D eigenvalue weighted by atomic mass is 16.2. The molecule has 1 amide bonds. The Bertz CT molecular complexity index is 551. The zero-order chi connectivity index (χ0) is 30.1. The van der Waals surface area contributed by atoms with Gasteiger partial charge in [0.15, 0.2) is 0 Å². The van der Waals surface area contributed by atoms with E-state index in [4.69, 9.17) is 5.73 Å². The lowest BCUT2D eigenvalue weighted by molar-refractivity contribution is -0.129. The van der Waals surface area contributed by atoms with Gasteiger partial charge in [0.25, 0.3) is 0 Å². The van der Waals surface area contributed by atoms with Gasteiger partial charge in [-0.2, -0.15) is 0 Å². The van der Waals surface area contributed by atoms with E-state index in [1.807, 2.05) is 0 Å². The molecule has 1 atom stereocenters. The molecule has 4 heteroatoms. The van der Waals surface area contributed by atoms with E-state index in [1.54, 1.807) is 0 Å². The molecule has 0 fully saturated rings. The Morgan fingerprint density at radius 1 is 0.512 bits per heavy atom. The van der Waals surface area contributed by atoms with E-state index < -0.39 is 0 Å². The number of rotatable bonds is 34. The second-order valence-corrected chi connectivity index (χ2v) is 12.9. The SMILES string of the molecule is CCCCCCCCCCCCCCCCCC(=O)C[C@@H](CCCCN)C(=O)NCCCCCCCCCCCC. The minimum absolute atomic E-state index is 0.0859. The highest BCUT2D eigenvalue weighted by Gasteiger charge is 2.21. The van der Waals surface area contributed by atoms with Crippen LogP contribution >= 0.6 is 0 Å². The third kappa shape index (κ3) is 30.4. The molecule has 0 saturated carbocycles. The van der Waals surface area contributed by atoms with Crippen molar-refractivity contribution in [1.29, 1.82) is 0 Å². The number of nitrogens with two attached hydrogens (primary N) is 1. The van der Waals surface area contributed by atoms with Crippen molar-refractivity contribution in [2.24, 2.45) is 11.7 Å². The van der Waals surface area contributed by atoms with Crippen LogP contribution in [0.2, 0.25) is 0 Å². The number of Topliss-reactive ketones (excluding diaryl/α,β-unsaturated/α-hetero) is 1. The number of nitrogens with one attached hydrogen (secondary N) is 1. The average Bonchev–Trinajstić information content (AvgIpc) is 2.97. The molecule has 244 valence electrons. The normalized spacial score (nSPS) is 12.1. The molecule has 3 N–H and O–H groups in total. The molecular weight excluding hydrogens is 504 g/mol. The quantitative estimate of drug-likeness (QED) is 0.0746. The van der Waals surface area contributed by atoms with Crippen LogP contribution in [0.5, 0.6) is 0 Å². The van der Waals surface area contributed by atoms with Crippen molar-refractivity contribution in [2.45, 2.75) is 206 Å². The Morgan fingerprint density at radius 2 is 0.902 bits per heavy atom. The van der Waals surface area contributed by atoms with Gasteiger partial charge in [0.05, 0.1) is 0 Å². The average molecular weight is 579 g/mol. The number of carbonyl (C=O) groups is 2. The second kappa shape index (κ2) is 33.6. The van der Waals surface area contributed by atoms with Gasteiger partial charge in [0.1, 0.15) is 5.78 Å². The van der Waals surface area contributed by atoms with E-state index in [0.717, 1.165) is 45.1 Å². The third-order valence-electron chi connectivity index (χ3n) is 8.74. The molecule has 0 radical (unpaired) electrons. The maximum Gasteiger partial charge on any atom is 0.223 e. The van der Waals surface area contributed by atoms with Gasteiger partial charge in [0.2, 0.25) is 5.91 Å². The minimum atomic E-state index is -0.173. The number of hydrogen-bond acceptors (Lipinski definition) is 3. The third-order valence-corrected chi connectivity index (χ3v) is 8.74. The Balaban J connectivity index is 3.83. The number of ketones is 1. The molecule has 0 heterocycles. The topological polar surface area (TPSA) is 72.2 Å². The summed E-state index contributed by atoms with van der Waals surface area (Å²) in [7, 11) is 0. The van der Waals surface area contributed by atoms with Gasteiger partial charge >= 0.3 is 0 Å². The van der Waals surface area contributed by atoms with Crippen molar-refractivity contribution in [1.82, 2.24) is 5.32 Å². The predicted octanol–water partition coefficient (Wildman–Crippen LogP) is 11.0. The molecule has 4 nitrogen and oxygen atoms in total. The van der Waals surface area contributed by atoms with E-state index in [2.05, 4.69) is 19.2 Å². The smallest absolute Gasteiger partial charge is 0.223 e. The molecule has 0 aliphatic rings. The fourth-order valence-corrected chi connectivity index (χ4v) is 5.90. The lowest BCUT2D eigenvalue weighted by atomic mass is 9.93. The first kappa shape index (κ1) is 40.1. The van der Waals surface area contributed by atoms with Crippen LogP contribution in [0.15, 0.2) is 0 Å². The standard InChI is InChI=1S/C37H74N2O2/c1-3-5-7-9-11-13-15-16-17-18-19-20-22-24-26-31-36(40)34-35(30-27-28-32-38)37(41)39-33-29-25-23-21-14-12-10-8-6-4-2/h35H,3-34,38H2,1-2H3,(H,39,41)/t35-/m1/s1. The van der Waals surface area contributed by atoms with Gasteiger partial charge in [0, 0.05) is 25.3 Å². The first-order chi connectivity index (χ1) is 20.2. The molecule has 0 unspecified atom stereocenters. The van der Waals surface area contributed by atoms with Crippen LogP contribution in [-0.4, -0.2) is 24.8 Å². The maximum atomic E-state index is 12.9. The maximum absolute atomic E-state index is 12.9. The van der Waals surface area contributed by atoms with Crippen LogP contribution < -0.4 is 11.1 Å². The summed E-state index contributed by atoms with van der Waals surface area (Å²) < 4.78 is 0. The Morgan fingerprint density at radius 3 is 1.32 bits per heavy atom. The molecule has 0 saturated heterocycles. The summed E-state index contributed by atoms with van der Waals surface area (Å²) in [5.74, 6) is 0.183. The summed E-state index contributed by atoms with van der Waals surface area (Å²) in [6, 6.07) is 0. The van der Waals surface area contributed by atoms with Crippen molar-refractivity contribution in [2.75, 3.05) is 13.1 Å². The van der Waals surface area contributed by atoms with E-state index in [-0.39, 0.29) is 17.6 Å². The summed E-state index contributed by atoms with van der Waals surface area (Å²) >= 11 is 0. The van der Waals surface area contributed by atoms with Gasteiger partial charge in [-0.05, 0) is 32.2 Å². The van der Waals surface area contributed by atoms with E-state index in [1.165, 1.54) is 141 Å². The second-order valence-electron chi connectivity index (χ2n) is 12.9. The Kier molecular flexibility index (Phi) is 32.9. The van der Waals surface area contributed by atoms with Crippen molar-refractivity contribution in [3.05, 3.63) is 0 Å². The summed E-state index contributed by atoms with van der Waals surface area (Å²) in [5, 5.41) is 3.14. The molecule has 0 aromatic rings. The van der Waals surface area contributed by atoms with Gasteiger partial charge in [-0.15, -0.1) is 0 Å². The molecule has 0 aliphatic heterocycles. The van der Waals surface area contributed by atoms with Crippen molar-refractivity contribution in [3.8, 4) is 0 Å². The van der Waals surface area contributed by atoms with Crippen LogP contribution in [0.25, 0.3) is 0 Å². The molecule has 41 heavy (non-hydrogen) atoms. The van der Waals surface area contributed by atoms with E-state index in [0.29, 0.717) is 19.4 Å². The summed E-state index contributed by atoms with van der Waals surface area (Å²) in [5.41, 5.74) is 5.67. The van der Waals surface area contributed by atoms with Crippen LogP contribution in [0, 0.1) is 5.92 Å². The van der Waals surface area contributed by atoms with Crippen LogP contribution in [0.3, 0.4) is 0 Å². The monoisotopic (exact) mass is 579 g/mol. The summed E-state index contributed by atoms with van der Waals surface area (Å²) in [4.78, 5) is 25.5. The Hall–Kier alpha value is -0.900. The summed E-state index contributed by atoms with van der Waals surface area (Å²) in [6.45, 7) is 5.95. The van der Waals surface area contributed by atoms with Gasteiger partial charge in [-0.3, -0.25) is 9.59 Å². The van der Waals surface area contributed by atoms with Gasteiger partial charge in [-0.25, -0.2) is 0 Å². The highest BCUT2D eigenvalue weighted by Crippen LogP contribution is 2.18. The number of unbranched alkanes of at least 4 members (excludes halogenated alkanes) is 24. The highest BCUT2D eigenvalue weighted by molar-refractivity contribution is 5.86. The molecule has 0 spiro atoms. The fraction of sp³-hybridized carbons (Fsp3) is 0.946. The number of hydrogen-bond donors (Lipinski definition) is 2. The first-order valence-corrected chi connectivity index (χ1v) is 18.6. The van der Waals surface area contributed by atoms with E-state index in [9.17, 15) is 9.59 Å². The Labute approximate surface area is 257 Å². The van der Waals surface area contributed by atoms with Crippen molar-refractivity contribution >= 4 is 11.7 Å². The van der Waals surface area contributed by atoms with Gasteiger partial charge in [-0.1, -0.05) is 168 Å². The lowest BCUT2D eigenvalue weighted by Crippen LogP contribution is -2.33. The number of amides is 1. The minimum Gasteiger partial charge on any atom is -0.356 e. The van der Waals surface area contributed by atoms with Crippen LogP contribution in [0.1, 0.15) is 206 Å². The zero-order valence-electron chi connectivity index (χ0n) is 28.1. The van der Waals surface area contributed by atoms with E-state index >= 15 is 0 Å². The molecule has 0 bridgehead atoms. The molecule has 0 aromatic carbocycles. The van der Waals surface area contributed by atoms with Crippen LogP contribution in [-0.2, 0) is 9.59 Å². The lowest BCUT2D eigenvalue weighted by Gasteiger charge is -2.16. The van der Waals surface area contributed by atoms with Gasteiger partial charge < -0.3 is 11.1 Å². The number of carbonyl (C=O) groups excluding carboxylic acids is 2. The predicted molar refractivity (Wildman–Crippen MR) is 180 cm³/mol. The molecule has 0 aliphatic carbocycles. The first-order valence-electron chi connectivity index (χ1n) is 18.6. The fourth-order valence-electron chi connectivity index (χ4n) is 5.90. The zero-order valence-corrected chi connectivity index (χ0v) is 28.1. The molecular formula is C37H74N2O2.